The zero-order valence-electron chi connectivity index (χ0n) is 13.4. The first kappa shape index (κ1) is 15.3. The Labute approximate surface area is 114 Å². The molecule has 101 valence electrons. The van der Waals surface area contributed by atoms with Crippen LogP contribution in [-0.2, 0) is 10.8 Å². The Morgan fingerprint density at radius 1 is 0.944 bits per heavy atom. The molecule has 0 heteroatoms. The van der Waals surface area contributed by atoms with Crippen molar-refractivity contribution in [3.63, 3.8) is 0 Å². The van der Waals surface area contributed by atoms with Crippen LogP contribution in [0.3, 0.4) is 0 Å². The van der Waals surface area contributed by atoms with Gasteiger partial charge < -0.3 is 0 Å². The first-order valence-corrected chi connectivity index (χ1v) is 6.95. The Morgan fingerprint density at radius 2 is 1.50 bits per heavy atom. The van der Waals surface area contributed by atoms with Gasteiger partial charge in [-0.15, -0.1) is 0 Å². The van der Waals surface area contributed by atoms with Gasteiger partial charge in [-0.05, 0) is 39.9 Å². The highest BCUT2D eigenvalue weighted by Crippen LogP contribution is 2.37. The minimum absolute atomic E-state index is 0.174. The van der Waals surface area contributed by atoms with Crippen LogP contribution in [-0.4, -0.2) is 0 Å². The van der Waals surface area contributed by atoms with Crippen molar-refractivity contribution in [3.05, 3.63) is 35.4 Å². The van der Waals surface area contributed by atoms with Gasteiger partial charge in [-0.25, -0.2) is 0 Å². The maximum absolute atomic E-state index is 3.38. The Balaban J connectivity index is 3.10. The molecule has 0 aliphatic rings. The molecule has 0 aliphatic carbocycles. The number of hydrogen-bond donors (Lipinski definition) is 0. The fourth-order valence-corrected chi connectivity index (χ4v) is 2.75. The molecule has 0 heterocycles. The molecule has 0 aromatic heterocycles. The molecular weight excluding hydrogens is 216 g/mol. The number of hydrogen-bond acceptors (Lipinski definition) is 0. The van der Waals surface area contributed by atoms with Gasteiger partial charge in [-0.1, -0.05) is 73.6 Å². The molecule has 0 fully saturated rings. The van der Waals surface area contributed by atoms with Gasteiger partial charge in [0.15, 0.2) is 0 Å². The van der Waals surface area contributed by atoms with E-state index in [0.717, 1.165) is 0 Å². The predicted molar refractivity (Wildman–Crippen MR) is 81.1 cm³/mol. The third-order valence-corrected chi connectivity index (χ3v) is 3.36. The number of benzene rings is 1. The van der Waals surface area contributed by atoms with E-state index in [4.69, 9.17) is 0 Å². The first-order chi connectivity index (χ1) is 7.92. The summed E-state index contributed by atoms with van der Waals surface area (Å²) in [6.45, 7) is 18.4. The van der Waals surface area contributed by atoms with Crippen LogP contribution in [0, 0.1) is 11.5 Å². The predicted octanol–water partition coefficient (Wildman–Crippen LogP) is 5.50. The standard InChI is InChI=1S/C18H29/c1-16(2,3)13-18(7,8)15-11-9-10-14(12-15)17(4,5)6/h9,11-12H,13H2,1-8H3. The normalized spacial score (nSPS) is 13.8. The molecule has 0 nitrogen and oxygen atoms in total. The molecule has 0 saturated heterocycles. The van der Waals surface area contributed by atoms with Crippen LogP contribution in [0.5, 0.6) is 0 Å². The van der Waals surface area contributed by atoms with Gasteiger partial charge >= 0.3 is 0 Å². The molecule has 1 aromatic carbocycles. The van der Waals surface area contributed by atoms with Crippen LogP contribution in [0.2, 0.25) is 0 Å². The van der Waals surface area contributed by atoms with Gasteiger partial charge in [0.05, 0.1) is 0 Å². The summed E-state index contributed by atoms with van der Waals surface area (Å²) in [5.41, 5.74) is 3.48. The van der Waals surface area contributed by atoms with Crippen LogP contribution >= 0.6 is 0 Å². The van der Waals surface area contributed by atoms with Gasteiger partial charge in [-0.2, -0.15) is 0 Å². The lowest BCUT2D eigenvalue weighted by Gasteiger charge is -2.34. The molecule has 0 spiro atoms. The highest BCUT2D eigenvalue weighted by molar-refractivity contribution is 5.32. The average molecular weight is 245 g/mol. The summed E-state index contributed by atoms with van der Waals surface area (Å²) in [4.78, 5) is 0. The highest BCUT2D eigenvalue weighted by Gasteiger charge is 2.28. The summed E-state index contributed by atoms with van der Waals surface area (Å²) in [5.74, 6) is 0. The molecule has 0 saturated carbocycles. The molecule has 0 aliphatic heterocycles. The van der Waals surface area contributed by atoms with Crippen LogP contribution in [0.25, 0.3) is 0 Å². The SMILES string of the molecule is CC(C)(C)CC(C)(C)c1cc[c]c(C(C)(C)C)c1. The quantitative estimate of drug-likeness (QED) is 0.645. The smallest absolute Gasteiger partial charge is 0.00985 e. The van der Waals surface area contributed by atoms with Crippen LogP contribution < -0.4 is 0 Å². The molecule has 0 bridgehead atoms. The van der Waals surface area contributed by atoms with Crippen molar-refractivity contribution < 1.29 is 0 Å². The third kappa shape index (κ3) is 4.15. The Hall–Kier alpha value is -0.780. The third-order valence-electron chi connectivity index (χ3n) is 3.36. The van der Waals surface area contributed by atoms with Gasteiger partial charge in [0.1, 0.15) is 0 Å². The van der Waals surface area contributed by atoms with Crippen LogP contribution in [0.15, 0.2) is 18.2 Å². The molecule has 1 radical (unpaired) electrons. The van der Waals surface area contributed by atoms with E-state index in [1.165, 1.54) is 17.5 Å². The van der Waals surface area contributed by atoms with Crippen LogP contribution in [0.1, 0.15) is 72.9 Å². The molecule has 0 amide bonds. The van der Waals surface area contributed by atoms with Gasteiger partial charge in [0.2, 0.25) is 0 Å². The van der Waals surface area contributed by atoms with Crippen LogP contribution in [0.4, 0.5) is 0 Å². The van der Waals surface area contributed by atoms with E-state index < -0.39 is 0 Å². The summed E-state index contributed by atoms with van der Waals surface area (Å²) < 4.78 is 0. The molecular formula is C18H29. The summed E-state index contributed by atoms with van der Waals surface area (Å²) in [6.07, 6.45) is 1.19. The molecule has 1 aromatic rings. The lowest BCUT2D eigenvalue weighted by Crippen LogP contribution is -2.25. The zero-order valence-corrected chi connectivity index (χ0v) is 13.4. The van der Waals surface area contributed by atoms with Crippen molar-refractivity contribution in [3.8, 4) is 0 Å². The van der Waals surface area contributed by atoms with Crippen molar-refractivity contribution in [1.29, 1.82) is 0 Å². The fourth-order valence-electron chi connectivity index (χ4n) is 2.75. The summed E-state index contributed by atoms with van der Waals surface area (Å²) in [6, 6.07) is 10.0. The molecule has 1 rings (SSSR count). The second-order valence-electron chi connectivity index (χ2n) is 8.36. The topological polar surface area (TPSA) is 0 Å². The molecule has 0 unspecified atom stereocenters. The maximum Gasteiger partial charge on any atom is -0.00985 e. The lowest BCUT2D eigenvalue weighted by molar-refractivity contribution is 0.284. The number of rotatable bonds is 2. The maximum atomic E-state index is 3.38. The molecule has 18 heavy (non-hydrogen) atoms. The average Bonchev–Trinajstić information content (AvgIpc) is 2.13. The second-order valence-corrected chi connectivity index (χ2v) is 8.36. The van der Waals surface area contributed by atoms with Crippen molar-refractivity contribution in [1.82, 2.24) is 0 Å². The Morgan fingerprint density at radius 3 is 1.94 bits per heavy atom. The van der Waals surface area contributed by atoms with Crippen molar-refractivity contribution in [2.45, 2.75) is 72.6 Å². The minimum atomic E-state index is 0.174. The Bertz CT molecular complexity index is 397. The lowest BCUT2D eigenvalue weighted by atomic mass is 9.71. The monoisotopic (exact) mass is 245 g/mol. The fraction of sp³-hybridized carbons (Fsp3) is 0.667. The van der Waals surface area contributed by atoms with Gasteiger partial charge in [0.25, 0.3) is 0 Å². The van der Waals surface area contributed by atoms with E-state index in [0.29, 0.717) is 5.41 Å². The van der Waals surface area contributed by atoms with E-state index in [2.05, 4.69) is 79.7 Å². The highest BCUT2D eigenvalue weighted by atomic mass is 14.3. The van der Waals surface area contributed by atoms with Crippen molar-refractivity contribution >= 4 is 0 Å². The Kier molecular flexibility index (Phi) is 4.00. The summed E-state index contributed by atoms with van der Waals surface area (Å²) >= 11 is 0. The minimum Gasteiger partial charge on any atom is -0.0601 e. The molecule has 0 atom stereocenters. The van der Waals surface area contributed by atoms with E-state index in [-0.39, 0.29) is 10.8 Å². The van der Waals surface area contributed by atoms with E-state index in [1.807, 2.05) is 0 Å². The van der Waals surface area contributed by atoms with E-state index in [1.54, 1.807) is 0 Å². The van der Waals surface area contributed by atoms with Gasteiger partial charge in [0, 0.05) is 0 Å². The first-order valence-electron chi connectivity index (χ1n) is 6.95. The van der Waals surface area contributed by atoms with Gasteiger partial charge in [-0.3, -0.25) is 0 Å². The van der Waals surface area contributed by atoms with E-state index in [9.17, 15) is 0 Å². The largest absolute Gasteiger partial charge is 0.0601 e. The zero-order chi connectivity index (χ0) is 14.2. The summed E-state index contributed by atoms with van der Waals surface area (Å²) in [7, 11) is 0. The van der Waals surface area contributed by atoms with E-state index >= 15 is 0 Å². The second kappa shape index (κ2) is 4.72. The van der Waals surface area contributed by atoms with Crippen molar-refractivity contribution in [2.24, 2.45) is 5.41 Å². The summed E-state index contributed by atoms with van der Waals surface area (Å²) in [5, 5.41) is 0. The molecule has 0 N–H and O–H groups in total. The van der Waals surface area contributed by atoms with Crippen molar-refractivity contribution in [2.75, 3.05) is 0 Å².